The Kier molecular flexibility index (Phi) is 5.66. The third-order valence-corrected chi connectivity index (χ3v) is 7.26. The van der Waals surface area contributed by atoms with Gasteiger partial charge in [-0.1, -0.05) is 49.9 Å². The van der Waals surface area contributed by atoms with Gasteiger partial charge in [0.1, 0.15) is 16.2 Å². The van der Waals surface area contributed by atoms with Gasteiger partial charge in [0, 0.05) is 11.6 Å². The van der Waals surface area contributed by atoms with E-state index in [1.54, 1.807) is 16.7 Å². The Morgan fingerprint density at radius 1 is 0.967 bits per heavy atom. The van der Waals surface area contributed by atoms with Crippen LogP contribution in [0, 0.1) is 0 Å². The van der Waals surface area contributed by atoms with Gasteiger partial charge in [-0.15, -0.1) is 0 Å². The molecule has 2 aromatic carbocycles. The van der Waals surface area contributed by atoms with Gasteiger partial charge < -0.3 is 10.3 Å². The molecule has 0 amide bonds. The van der Waals surface area contributed by atoms with E-state index in [0.29, 0.717) is 33.8 Å². The Bertz CT molecular complexity index is 1310. The maximum atomic E-state index is 13.5. The molecule has 0 bridgehead atoms. The average Bonchev–Trinajstić information content (AvgIpc) is 3.01. The van der Waals surface area contributed by atoms with Crippen LogP contribution in [-0.2, 0) is 16.4 Å². The summed E-state index contributed by atoms with van der Waals surface area (Å²) in [5, 5.41) is 0.464. The number of anilines is 1. The van der Waals surface area contributed by atoms with E-state index in [2.05, 4.69) is 11.9 Å². The molecule has 2 aromatic heterocycles. The lowest BCUT2D eigenvalue weighted by molar-refractivity contribution is 0.589. The summed E-state index contributed by atoms with van der Waals surface area (Å²) in [6.45, 7) is 2.74. The van der Waals surface area contributed by atoms with Crippen LogP contribution in [0.4, 0.5) is 5.82 Å². The molecular formula is C22H23ClN4O2S. The van der Waals surface area contributed by atoms with Crippen LogP contribution in [0.3, 0.4) is 0 Å². The molecule has 0 aliphatic rings. The van der Waals surface area contributed by atoms with Gasteiger partial charge in [-0.3, -0.25) is 0 Å². The maximum absolute atomic E-state index is 13.5. The smallest absolute Gasteiger partial charge is 0.212 e. The molecule has 156 valence electrons. The molecule has 30 heavy (non-hydrogen) atoms. The van der Waals surface area contributed by atoms with Crippen molar-refractivity contribution in [3.05, 3.63) is 53.6 Å². The van der Waals surface area contributed by atoms with Crippen molar-refractivity contribution in [1.82, 2.24) is 14.5 Å². The summed E-state index contributed by atoms with van der Waals surface area (Å²) in [6, 6.07) is 13.5. The number of aryl methyl sites for hydroxylation is 1. The molecule has 2 heterocycles. The van der Waals surface area contributed by atoms with Gasteiger partial charge in [-0.25, -0.2) is 18.4 Å². The van der Waals surface area contributed by atoms with Crippen LogP contribution in [0.5, 0.6) is 0 Å². The van der Waals surface area contributed by atoms with E-state index in [4.69, 9.17) is 22.3 Å². The summed E-state index contributed by atoms with van der Waals surface area (Å²) in [4.78, 5) is 9.49. The molecule has 8 heteroatoms. The molecule has 0 spiro atoms. The highest BCUT2D eigenvalue weighted by molar-refractivity contribution is 7.92. The van der Waals surface area contributed by atoms with Gasteiger partial charge in [-0.2, -0.15) is 0 Å². The first-order valence-corrected chi connectivity index (χ1v) is 11.8. The molecule has 0 radical (unpaired) electrons. The number of benzene rings is 2. The van der Waals surface area contributed by atoms with Crippen LogP contribution in [0.15, 0.2) is 58.3 Å². The zero-order chi connectivity index (χ0) is 21.3. The molecule has 4 rings (SSSR count). The normalized spacial score (nSPS) is 12.1. The predicted octanol–water partition coefficient (Wildman–Crippen LogP) is 5.23. The average molecular weight is 443 g/mol. The van der Waals surface area contributed by atoms with Crippen LogP contribution < -0.4 is 5.73 Å². The Balaban J connectivity index is 1.94. The third kappa shape index (κ3) is 3.63. The quantitative estimate of drug-likeness (QED) is 0.395. The molecule has 0 aliphatic heterocycles. The van der Waals surface area contributed by atoms with Gasteiger partial charge in [0.2, 0.25) is 9.84 Å². The number of nitrogen functional groups attached to an aromatic ring is 1. The number of rotatable bonds is 7. The van der Waals surface area contributed by atoms with Crippen molar-refractivity contribution in [3.8, 4) is 0 Å². The number of sulfone groups is 1. The summed E-state index contributed by atoms with van der Waals surface area (Å²) < 4.78 is 28.8. The van der Waals surface area contributed by atoms with E-state index in [1.807, 2.05) is 24.3 Å². The Labute approximate surface area is 180 Å². The first-order valence-electron chi connectivity index (χ1n) is 9.98. The fourth-order valence-electron chi connectivity index (χ4n) is 3.61. The number of para-hydroxylation sites is 2. The molecule has 0 saturated heterocycles. The summed E-state index contributed by atoms with van der Waals surface area (Å²) >= 11 is 5.94. The third-order valence-electron chi connectivity index (χ3n) is 5.17. The lowest BCUT2D eigenvalue weighted by atomic mass is 10.2. The SMILES string of the molecule is CCCCCCn1c(N)c(S(=O)(=O)c2ccc(Cl)cc2)c2nc3ccccc3nc21. The van der Waals surface area contributed by atoms with Crippen LogP contribution >= 0.6 is 11.6 Å². The van der Waals surface area contributed by atoms with E-state index in [9.17, 15) is 8.42 Å². The minimum atomic E-state index is -3.90. The zero-order valence-electron chi connectivity index (χ0n) is 16.7. The summed E-state index contributed by atoms with van der Waals surface area (Å²) in [6.07, 6.45) is 4.15. The van der Waals surface area contributed by atoms with Gasteiger partial charge in [0.25, 0.3) is 0 Å². The highest BCUT2D eigenvalue weighted by Gasteiger charge is 2.30. The van der Waals surface area contributed by atoms with Crippen molar-refractivity contribution >= 4 is 49.5 Å². The first kappa shape index (κ1) is 20.6. The lowest BCUT2D eigenvalue weighted by Gasteiger charge is -2.08. The van der Waals surface area contributed by atoms with Crippen LogP contribution in [-0.4, -0.2) is 23.0 Å². The van der Waals surface area contributed by atoms with E-state index >= 15 is 0 Å². The van der Waals surface area contributed by atoms with Gasteiger partial charge in [0.15, 0.2) is 5.65 Å². The number of hydrogen-bond acceptors (Lipinski definition) is 5. The Morgan fingerprint density at radius 3 is 2.30 bits per heavy atom. The number of nitrogens with two attached hydrogens (primary N) is 1. The van der Waals surface area contributed by atoms with Gasteiger partial charge >= 0.3 is 0 Å². The minimum absolute atomic E-state index is 0.00793. The molecule has 0 saturated carbocycles. The molecule has 6 nitrogen and oxygen atoms in total. The van der Waals surface area contributed by atoms with E-state index < -0.39 is 9.84 Å². The van der Waals surface area contributed by atoms with Crippen molar-refractivity contribution in [3.63, 3.8) is 0 Å². The number of aromatic nitrogens is 3. The number of nitrogens with zero attached hydrogens (tertiary/aromatic N) is 3. The second-order valence-corrected chi connectivity index (χ2v) is 9.59. The molecule has 0 aliphatic carbocycles. The summed E-state index contributed by atoms with van der Waals surface area (Å²) in [5.41, 5.74) is 8.55. The van der Waals surface area contributed by atoms with Crippen LogP contribution in [0.25, 0.3) is 22.2 Å². The van der Waals surface area contributed by atoms with Gasteiger partial charge in [0.05, 0.1) is 15.9 Å². The van der Waals surface area contributed by atoms with E-state index in [0.717, 1.165) is 25.7 Å². The summed E-state index contributed by atoms with van der Waals surface area (Å²) in [5.74, 6) is 0.173. The first-order chi connectivity index (χ1) is 14.4. The van der Waals surface area contributed by atoms with Crippen LogP contribution in [0.2, 0.25) is 5.02 Å². The van der Waals surface area contributed by atoms with E-state index in [-0.39, 0.29) is 15.6 Å². The lowest BCUT2D eigenvalue weighted by Crippen LogP contribution is -2.08. The fourth-order valence-corrected chi connectivity index (χ4v) is 5.24. The molecule has 4 aromatic rings. The molecule has 0 atom stereocenters. The molecule has 0 unspecified atom stereocenters. The predicted molar refractivity (Wildman–Crippen MR) is 120 cm³/mol. The number of fused-ring (bicyclic) bond motifs is 2. The Morgan fingerprint density at radius 2 is 1.63 bits per heavy atom. The van der Waals surface area contributed by atoms with Crippen LogP contribution in [0.1, 0.15) is 32.6 Å². The fraction of sp³-hybridized carbons (Fsp3) is 0.273. The topological polar surface area (TPSA) is 90.9 Å². The second-order valence-electron chi connectivity index (χ2n) is 7.27. The Hall–Kier alpha value is -2.64. The highest BCUT2D eigenvalue weighted by Crippen LogP contribution is 2.35. The van der Waals surface area contributed by atoms with E-state index in [1.165, 1.54) is 12.1 Å². The zero-order valence-corrected chi connectivity index (χ0v) is 18.2. The van der Waals surface area contributed by atoms with Crippen molar-refractivity contribution in [1.29, 1.82) is 0 Å². The van der Waals surface area contributed by atoms with Crippen molar-refractivity contribution < 1.29 is 8.42 Å². The van der Waals surface area contributed by atoms with Crippen molar-refractivity contribution in [2.45, 2.75) is 48.9 Å². The monoisotopic (exact) mass is 442 g/mol. The highest BCUT2D eigenvalue weighted by atomic mass is 35.5. The van der Waals surface area contributed by atoms with Crippen molar-refractivity contribution in [2.75, 3.05) is 5.73 Å². The number of halogens is 1. The maximum Gasteiger partial charge on any atom is 0.212 e. The minimum Gasteiger partial charge on any atom is -0.384 e. The molecular weight excluding hydrogens is 420 g/mol. The van der Waals surface area contributed by atoms with Crippen molar-refractivity contribution in [2.24, 2.45) is 0 Å². The standard InChI is InChI=1S/C22H23ClN4O2S/c1-2-3-4-7-14-27-21(24)20(30(28,29)16-12-10-15(23)11-13-16)19-22(27)26-18-9-6-5-8-17(18)25-19/h5-6,8-13H,2-4,7,14,24H2,1H3. The van der Waals surface area contributed by atoms with Gasteiger partial charge in [-0.05, 0) is 42.8 Å². The number of hydrogen-bond donors (Lipinski definition) is 1. The second kappa shape index (κ2) is 8.24. The molecule has 0 fully saturated rings. The summed E-state index contributed by atoms with van der Waals surface area (Å²) in [7, 11) is -3.90. The molecule has 2 N–H and O–H groups in total. The number of unbranched alkanes of at least 4 members (excludes halogenated alkanes) is 3. The largest absolute Gasteiger partial charge is 0.384 e.